The number of nitrogens with one attached hydrogen (secondary N) is 1. The molecule has 2 unspecified atom stereocenters. The lowest BCUT2D eigenvalue weighted by atomic mass is 9.81. The summed E-state index contributed by atoms with van der Waals surface area (Å²) < 4.78 is 4.99. The third-order valence-electron chi connectivity index (χ3n) is 4.42. The van der Waals surface area contributed by atoms with Crippen LogP contribution in [0.25, 0.3) is 0 Å². The van der Waals surface area contributed by atoms with Gasteiger partial charge in [0.1, 0.15) is 0 Å². The van der Waals surface area contributed by atoms with E-state index in [2.05, 4.69) is 17.3 Å². The highest BCUT2D eigenvalue weighted by Gasteiger charge is 2.58. The number of hydrogen-bond donors (Lipinski definition) is 1. The first-order valence-corrected chi connectivity index (χ1v) is 6.58. The average Bonchev–Trinajstić information content (AvgIpc) is 3.11. The smallest absolute Gasteiger partial charge is 0.313 e. The summed E-state index contributed by atoms with van der Waals surface area (Å²) in [6.07, 6.45) is 4.40. The Morgan fingerprint density at radius 3 is 2.71 bits per heavy atom. The van der Waals surface area contributed by atoms with Gasteiger partial charge in [0.15, 0.2) is 0 Å². The zero-order valence-corrected chi connectivity index (χ0v) is 11.2. The summed E-state index contributed by atoms with van der Waals surface area (Å²) in [4.78, 5) is 14.3. The van der Waals surface area contributed by atoms with E-state index in [0.717, 1.165) is 19.4 Å². The van der Waals surface area contributed by atoms with Gasteiger partial charge in [-0.15, -0.1) is 0 Å². The molecular weight excluding hydrogens is 216 g/mol. The number of likely N-dealkylation sites (tertiary alicyclic amines) is 1. The number of rotatable bonds is 4. The van der Waals surface area contributed by atoms with E-state index in [1.807, 2.05) is 7.05 Å². The van der Waals surface area contributed by atoms with E-state index in [1.54, 1.807) is 0 Å². The largest absolute Gasteiger partial charge is 0.469 e. The van der Waals surface area contributed by atoms with Crippen LogP contribution in [0.5, 0.6) is 0 Å². The molecule has 17 heavy (non-hydrogen) atoms. The molecule has 1 heterocycles. The molecule has 1 aliphatic heterocycles. The van der Waals surface area contributed by atoms with Crippen molar-refractivity contribution in [2.24, 2.45) is 11.3 Å². The van der Waals surface area contributed by atoms with E-state index in [4.69, 9.17) is 4.74 Å². The maximum atomic E-state index is 11.9. The average molecular weight is 240 g/mol. The first-order chi connectivity index (χ1) is 8.14. The second-order valence-corrected chi connectivity index (χ2v) is 5.58. The van der Waals surface area contributed by atoms with Gasteiger partial charge in [0.25, 0.3) is 0 Å². The minimum absolute atomic E-state index is 0.0231. The SMILES string of the molecule is CNC(C1CCCN(C)C1)C1(C(=O)OC)CC1. The molecule has 0 aromatic rings. The fourth-order valence-corrected chi connectivity index (χ4v) is 3.42. The summed E-state index contributed by atoms with van der Waals surface area (Å²) in [6.45, 7) is 2.27. The number of carbonyl (C=O) groups excluding carboxylic acids is 1. The summed E-state index contributed by atoms with van der Waals surface area (Å²) >= 11 is 0. The zero-order valence-electron chi connectivity index (χ0n) is 11.2. The molecule has 2 aliphatic rings. The van der Waals surface area contributed by atoms with Gasteiger partial charge in [-0.2, -0.15) is 0 Å². The van der Waals surface area contributed by atoms with Gasteiger partial charge in [-0.05, 0) is 52.2 Å². The van der Waals surface area contributed by atoms with Crippen molar-refractivity contribution in [3.63, 3.8) is 0 Å². The number of esters is 1. The normalized spacial score (nSPS) is 29.7. The van der Waals surface area contributed by atoms with Crippen molar-refractivity contribution >= 4 is 5.97 Å². The van der Waals surface area contributed by atoms with Crippen molar-refractivity contribution < 1.29 is 9.53 Å². The van der Waals surface area contributed by atoms with Crippen molar-refractivity contribution in [3.8, 4) is 0 Å². The Morgan fingerprint density at radius 1 is 1.53 bits per heavy atom. The lowest BCUT2D eigenvalue weighted by molar-refractivity contribution is -0.149. The van der Waals surface area contributed by atoms with Crippen LogP contribution in [-0.4, -0.2) is 51.2 Å². The van der Waals surface area contributed by atoms with Crippen LogP contribution in [0.4, 0.5) is 0 Å². The van der Waals surface area contributed by atoms with Crippen LogP contribution in [0.15, 0.2) is 0 Å². The van der Waals surface area contributed by atoms with Crippen molar-refractivity contribution in [3.05, 3.63) is 0 Å². The molecule has 2 rings (SSSR count). The van der Waals surface area contributed by atoms with Crippen molar-refractivity contribution in [1.82, 2.24) is 10.2 Å². The van der Waals surface area contributed by atoms with E-state index in [0.29, 0.717) is 5.92 Å². The Balaban J connectivity index is 2.08. The zero-order chi connectivity index (χ0) is 12.5. The van der Waals surface area contributed by atoms with Gasteiger partial charge in [0, 0.05) is 12.6 Å². The molecule has 2 fully saturated rings. The number of hydrogen-bond acceptors (Lipinski definition) is 4. The van der Waals surface area contributed by atoms with Crippen molar-refractivity contribution in [2.75, 3.05) is 34.3 Å². The molecule has 1 saturated carbocycles. The molecule has 1 aliphatic carbocycles. The van der Waals surface area contributed by atoms with Crippen LogP contribution in [0, 0.1) is 11.3 Å². The van der Waals surface area contributed by atoms with Gasteiger partial charge < -0.3 is 15.0 Å². The summed E-state index contributed by atoms with van der Waals surface area (Å²) in [5.74, 6) is 0.547. The number of piperidine rings is 1. The van der Waals surface area contributed by atoms with E-state index in [9.17, 15) is 4.79 Å². The maximum Gasteiger partial charge on any atom is 0.313 e. The van der Waals surface area contributed by atoms with Gasteiger partial charge in [0.05, 0.1) is 12.5 Å². The Morgan fingerprint density at radius 2 is 2.24 bits per heavy atom. The van der Waals surface area contributed by atoms with Crippen LogP contribution in [0.2, 0.25) is 0 Å². The topological polar surface area (TPSA) is 41.6 Å². The third-order valence-corrected chi connectivity index (χ3v) is 4.42. The Hall–Kier alpha value is -0.610. The van der Waals surface area contributed by atoms with Crippen LogP contribution in [0.1, 0.15) is 25.7 Å². The van der Waals surface area contributed by atoms with Crippen molar-refractivity contribution in [1.29, 1.82) is 0 Å². The van der Waals surface area contributed by atoms with Gasteiger partial charge >= 0.3 is 5.97 Å². The lowest BCUT2D eigenvalue weighted by Crippen LogP contribution is -2.50. The van der Waals surface area contributed by atoms with Gasteiger partial charge in [-0.1, -0.05) is 0 Å². The minimum Gasteiger partial charge on any atom is -0.469 e. The van der Waals surface area contributed by atoms with Crippen LogP contribution < -0.4 is 5.32 Å². The Kier molecular flexibility index (Phi) is 3.73. The quantitative estimate of drug-likeness (QED) is 0.740. The van der Waals surface area contributed by atoms with Gasteiger partial charge in [-0.25, -0.2) is 0 Å². The van der Waals surface area contributed by atoms with Crippen molar-refractivity contribution in [2.45, 2.75) is 31.7 Å². The number of carbonyl (C=O) groups is 1. The minimum atomic E-state index is -0.230. The monoisotopic (exact) mass is 240 g/mol. The molecule has 0 spiro atoms. The first-order valence-electron chi connectivity index (χ1n) is 6.58. The number of ether oxygens (including phenoxy) is 1. The molecule has 98 valence electrons. The molecule has 1 saturated heterocycles. The second kappa shape index (κ2) is 4.94. The van der Waals surface area contributed by atoms with Crippen LogP contribution in [0.3, 0.4) is 0 Å². The Labute approximate surface area is 104 Å². The highest BCUT2D eigenvalue weighted by atomic mass is 16.5. The fourth-order valence-electron chi connectivity index (χ4n) is 3.42. The van der Waals surface area contributed by atoms with E-state index >= 15 is 0 Å². The summed E-state index contributed by atoms with van der Waals surface area (Å²) in [6, 6.07) is 0.276. The molecule has 0 radical (unpaired) electrons. The number of nitrogens with zero attached hydrogens (tertiary/aromatic N) is 1. The third kappa shape index (κ3) is 2.33. The van der Waals surface area contributed by atoms with Crippen LogP contribution >= 0.6 is 0 Å². The molecule has 0 bridgehead atoms. The number of methoxy groups -OCH3 is 1. The summed E-state index contributed by atoms with van der Waals surface area (Å²) in [5.41, 5.74) is -0.230. The molecule has 0 amide bonds. The van der Waals surface area contributed by atoms with E-state index in [1.165, 1.54) is 26.5 Å². The molecule has 4 heteroatoms. The van der Waals surface area contributed by atoms with E-state index < -0.39 is 0 Å². The summed E-state index contributed by atoms with van der Waals surface area (Å²) in [7, 11) is 5.64. The molecule has 2 atom stereocenters. The first kappa shape index (κ1) is 12.8. The molecule has 4 nitrogen and oxygen atoms in total. The molecule has 1 N–H and O–H groups in total. The standard InChI is InChI=1S/C13H24N2O2/c1-14-11(10-5-4-8-15(2)9-10)13(6-7-13)12(16)17-3/h10-11,14H,4-9H2,1-3H3. The maximum absolute atomic E-state index is 11.9. The van der Waals surface area contributed by atoms with Crippen LogP contribution in [-0.2, 0) is 9.53 Å². The second-order valence-electron chi connectivity index (χ2n) is 5.58. The summed E-state index contributed by atoms with van der Waals surface area (Å²) in [5, 5.41) is 3.38. The highest BCUT2D eigenvalue weighted by Crippen LogP contribution is 2.52. The van der Waals surface area contributed by atoms with Gasteiger partial charge in [0.2, 0.25) is 0 Å². The van der Waals surface area contributed by atoms with Gasteiger partial charge in [-0.3, -0.25) is 4.79 Å². The highest BCUT2D eigenvalue weighted by molar-refractivity contribution is 5.80. The molecular formula is C13H24N2O2. The predicted molar refractivity (Wildman–Crippen MR) is 66.8 cm³/mol. The Bertz CT molecular complexity index is 289. The predicted octanol–water partition coefficient (Wildman–Crippen LogP) is 0.869. The fraction of sp³-hybridized carbons (Fsp3) is 0.923. The lowest BCUT2D eigenvalue weighted by Gasteiger charge is -2.38. The van der Waals surface area contributed by atoms with E-state index in [-0.39, 0.29) is 17.4 Å². The molecule has 0 aromatic heterocycles. The molecule has 0 aromatic carbocycles.